The molecule has 0 aliphatic carbocycles. The number of benzene rings is 1. The highest BCUT2D eigenvalue weighted by Crippen LogP contribution is 2.29. The van der Waals surface area contributed by atoms with Gasteiger partial charge in [-0.2, -0.15) is 0 Å². The lowest BCUT2D eigenvalue weighted by molar-refractivity contribution is -0.137. The summed E-state index contributed by atoms with van der Waals surface area (Å²) in [7, 11) is 1.57. The number of aromatic nitrogens is 1. The molecule has 2 rings (SSSR count). The number of carbonyl (C=O) groups is 1. The Kier molecular flexibility index (Phi) is 3.62. The summed E-state index contributed by atoms with van der Waals surface area (Å²) in [5.41, 5.74) is 1.44. The molecule has 0 radical (unpaired) electrons. The fourth-order valence-electron chi connectivity index (χ4n) is 1.83. The van der Waals surface area contributed by atoms with Crippen LogP contribution in [0.3, 0.4) is 0 Å². The minimum atomic E-state index is -0.884. The number of methoxy groups -OCH3 is 1. The van der Waals surface area contributed by atoms with Crippen molar-refractivity contribution in [3.63, 3.8) is 0 Å². The van der Waals surface area contributed by atoms with E-state index < -0.39 is 5.97 Å². The number of ether oxygens (including phenoxy) is 1. The summed E-state index contributed by atoms with van der Waals surface area (Å²) in [5.74, 6) is -0.534. The maximum absolute atomic E-state index is 10.9. The Morgan fingerprint density at radius 1 is 1.50 bits per heavy atom. The highest BCUT2D eigenvalue weighted by Gasteiger charge is 2.20. The van der Waals surface area contributed by atoms with Gasteiger partial charge in [0.25, 0.3) is 0 Å². The number of nitrogens with zero attached hydrogens (tertiary/aromatic N) is 1. The quantitative estimate of drug-likeness (QED) is 0.877. The molecule has 0 saturated heterocycles. The normalized spacial score (nSPS) is 12.1. The zero-order chi connectivity index (χ0) is 13.0. The Hall–Kier alpha value is -2.30. The second-order valence-corrected chi connectivity index (χ2v) is 3.85. The third-order valence-corrected chi connectivity index (χ3v) is 2.69. The summed E-state index contributed by atoms with van der Waals surface area (Å²) < 4.78 is 9.92. The van der Waals surface area contributed by atoms with Gasteiger partial charge in [0.15, 0.2) is 0 Å². The van der Waals surface area contributed by atoms with Crippen LogP contribution >= 0.6 is 0 Å². The topological polar surface area (TPSA) is 72.6 Å². The molecule has 1 heterocycles. The van der Waals surface area contributed by atoms with E-state index in [1.807, 2.05) is 24.3 Å². The van der Waals surface area contributed by atoms with E-state index in [-0.39, 0.29) is 12.3 Å². The van der Waals surface area contributed by atoms with Crippen LogP contribution in [0.25, 0.3) is 0 Å². The van der Waals surface area contributed by atoms with Crippen molar-refractivity contribution in [2.75, 3.05) is 7.11 Å². The molecule has 1 aromatic carbocycles. The van der Waals surface area contributed by atoms with Gasteiger partial charge in [0.1, 0.15) is 12.0 Å². The molecule has 0 bridgehead atoms. The average molecular weight is 247 g/mol. The molecular formula is C13H13NO4. The third-order valence-electron chi connectivity index (χ3n) is 2.69. The number of aliphatic carboxylic acids is 1. The first-order valence-corrected chi connectivity index (χ1v) is 5.46. The van der Waals surface area contributed by atoms with Crippen LogP contribution in [0.4, 0.5) is 0 Å². The van der Waals surface area contributed by atoms with Crippen molar-refractivity contribution in [2.45, 2.75) is 12.3 Å². The van der Waals surface area contributed by atoms with E-state index in [2.05, 4.69) is 5.16 Å². The van der Waals surface area contributed by atoms with Gasteiger partial charge < -0.3 is 14.4 Å². The lowest BCUT2D eigenvalue weighted by atomic mass is 9.92. The van der Waals surface area contributed by atoms with E-state index in [1.54, 1.807) is 13.2 Å². The third kappa shape index (κ3) is 2.68. The Morgan fingerprint density at radius 3 is 2.94 bits per heavy atom. The van der Waals surface area contributed by atoms with Crippen molar-refractivity contribution in [1.29, 1.82) is 0 Å². The number of hydrogen-bond donors (Lipinski definition) is 1. The van der Waals surface area contributed by atoms with Crippen LogP contribution in [0.1, 0.15) is 23.6 Å². The Morgan fingerprint density at radius 2 is 2.33 bits per heavy atom. The van der Waals surface area contributed by atoms with Gasteiger partial charge in [-0.1, -0.05) is 17.3 Å². The van der Waals surface area contributed by atoms with Crippen LogP contribution in [0.2, 0.25) is 0 Å². The van der Waals surface area contributed by atoms with Gasteiger partial charge in [-0.05, 0) is 17.7 Å². The van der Waals surface area contributed by atoms with Gasteiger partial charge in [0, 0.05) is 12.0 Å². The van der Waals surface area contributed by atoms with Crippen molar-refractivity contribution >= 4 is 5.97 Å². The fourth-order valence-corrected chi connectivity index (χ4v) is 1.83. The monoisotopic (exact) mass is 247 g/mol. The van der Waals surface area contributed by atoms with Crippen LogP contribution in [0, 0.1) is 0 Å². The van der Waals surface area contributed by atoms with E-state index in [4.69, 9.17) is 14.4 Å². The molecule has 0 unspecified atom stereocenters. The first-order chi connectivity index (χ1) is 8.70. The predicted octanol–water partition coefficient (Wildman–Crippen LogP) is 2.29. The SMILES string of the molecule is COc1cccc([C@@H](CC(=O)O)c2ccon2)c1. The van der Waals surface area contributed by atoms with E-state index >= 15 is 0 Å². The Labute approximate surface area is 104 Å². The predicted molar refractivity (Wildman–Crippen MR) is 63.6 cm³/mol. The van der Waals surface area contributed by atoms with Gasteiger partial charge in [-0.25, -0.2) is 0 Å². The molecule has 5 heteroatoms. The summed E-state index contributed by atoms with van der Waals surface area (Å²) >= 11 is 0. The van der Waals surface area contributed by atoms with E-state index in [0.717, 1.165) is 5.56 Å². The average Bonchev–Trinajstić information content (AvgIpc) is 2.89. The van der Waals surface area contributed by atoms with Crippen LogP contribution in [-0.4, -0.2) is 23.3 Å². The largest absolute Gasteiger partial charge is 0.497 e. The smallest absolute Gasteiger partial charge is 0.304 e. The van der Waals surface area contributed by atoms with Crippen molar-refractivity contribution in [3.05, 3.63) is 47.9 Å². The number of carboxylic acids is 1. The Balaban J connectivity index is 2.36. The highest BCUT2D eigenvalue weighted by atomic mass is 16.5. The lowest BCUT2D eigenvalue weighted by Gasteiger charge is -2.13. The van der Waals surface area contributed by atoms with E-state index in [0.29, 0.717) is 11.4 Å². The lowest BCUT2D eigenvalue weighted by Crippen LogP contribution is -2.08. The van der Waals surface area contributed by atoms with Crippen molar-refractivity contribution in [3.8, 4) is 5.75 Å². The molecule has 1 atom stereocenters. The molecule has 0 fully saturated rings. The van der Waals surface area contributed by atoms with Gasteiger partial charge in [-0.15, -0.1) is 0 Å². The van der Waals surface area contributed by atoms with Crippen LogP contribution in [0.15, 0.2) is 41.1 Å². The van der Waals surface area contributed by atoms with Crippen molar-refractivity contribution < 1.29 is 19.2 Å². The standard InChI is InChI=1S/C13H13NO4/c1-17-10-4-2-3-9(7-10)11(8-13(15)16)12-5-6-18-14-12/h2-7,11H,8H2,1H3,(H,15,16)/t11-/m1/s1. The van der Waals surface area contributed by atoms with Crippen LogP contribution in [-0.2, 0) is 4.79 Å². The molecule has 1 aromatic heterocycles. The molecular weight excluding hydrogens is 234 g/mol. The zero-order valence-corrected chi connectivity index (χ0v) is 9.87. The van der Waals surface area contributed by atoms with Crippen molar-refractivity contribution in [2.24, 2.45) is 0 Å². The second kappa shape index (κ2) is 5.35. The minimum absolute atomic E-state index is 0.0420. The first-order valence-electron chi connectivity index (χ1n) is 5.46. The van der Waals surface area contributed by atoms with Gasteiger partial charge in [0.05, 0.1) is 19.2 Å². The maximum atomic E-state index is 10.9. The Bertz CT molecular complexity index is 522. The van der Waals surface area contributed by atoms with Gasteiger partial charge >= 0.3 is 5.97 Å². The zero-order valence-electron chi connectivity index (χ0n) is 9.87. The van der Waals surface area contributed by atoms with Gasteiger partial charge in [0.2, 0.25) is 0 Å². The van der Waals surface area contributed by atoms with Crippen LogP contribution in [0.5, 0.6) is 5.75 Å². The number of carboxylic acid groups (broad SMARTS) is 1. The van der Waals surface area contributed by atoms with Gasteiger partial charge in [-0.3, -0.25) is 4.79 Å². The van der Waals surface area contributed by atoms with Crippen LogP contribution < -0.4 is 4.74 Å². The first kappa shape index (κ1) is 12.2. The molecule has 0 aliphatic rings. The molecule has 1 N–H and O–H groups in total. The summed E-state index contributed by atoms with van der Waals surface area (Å²) in [6.45, 7) is 0. The highest BCUT2D eigenvalue weighted by molar-refractivity contribution is 5.69. The van der Waals surface area contributed by atoms with E-state index in [1.165, 1.54) is 6.26 Å². The molecule has 2 aromatic rings. The molecule has 0 saturated carbocycles. The number of hydrogen-bond acceptors (Lipinski definition) is 4. The molecule has 0 spiro atoms. The van der Waals surface area contributed by atoms with E-state index in [9.17, 15) is 4.79 Å². The fraction of sp³-hybridized carbons (Fsp3) is 0.231. The molecule has 0 amide bonds. The summed E-state index contributed by atoms with van der Waals surface area (Å²) in [6.07, 6.45) is 1.39. The molecule has 94 valence electrons. The molecule has 5 nitrogen and oxygen atoms in total. The summed E-state index contributed by atoms with van der Waals surface area (Å²) in [5, 5.41) is 12.8. The second-order valence-electron chi connectivity index (χ2n) is 3.85. The maximum Gasteiger partial charge on any atom is 0.304 e. The number of rotatable bonds is 5. The summed E-state index contributed by atoms with van der Waals surface area (Å²) in [4.78, 5) is 10.9. The van der Waals surface area contributed by atoms with Crippen molar-refractivity contribution in [1.82, 2.24) is 5.16 Å². The summed E-state index contributed by atoms with van der Waals surface area (Å²) in [6, 6.07) is 8.97. The molecule has 0 aliphatic heterocycles. The molecule has 18 heavy (non-hydrogen) atoms. The minimum Gasteiger partial charge on any atom is -0.497 e.